The lowest BCUT2D eigenvalue weighted by atomic mass is 10.2. The largest absolute Gasteiger partial charge is 0.342 e. The van der Waals surface area contributed by atoms with Crippen molar-refractivity contribution in [2.75, 3.05) is 0 Å². The Bertz CT molecular complexity index is 126. The number of hydrogen-bond acceptors (Lipinski definition) is 6. The van der Waals surface area contributed by atoms with Crippen LogP contribution in [0, 0.1) is 0 Å². The topological polar surface area (TPSA) is 93.1 Å². The molecule has 6 heteroatoms. The maximum Gasteiger partial charge on any atom is 0.342 e. The number of carbonyl (C=O) groups excluding carboxylic acids is 2. The molecule has 0 aromatic carbocycles. The fourth-order valence-corrected chi connectivity index (χ4v) is 0.468. The molecule has 11 heavy (non-hydrogen) atoms. The van der Waals surface area contributed by atoms with Crippen LogP contribution < -0.4 is 0 Å². The molecule has 0 spiro atoms. The molecular weight excluding hydrogens is 156 g/mol. The van der Waals surface area contributed by atoms with Crippen molar-refractivity contribution < 1.29 is 29.9 Å². The summed E-state index contributed by atoms with van der Waals surface area (Å²) >= 11 is 0. The van der Waals surface area contributed by atoms with Crippen LogP contribution in [0.3, 0.4) is 0 Å². The van der Waals surface area contributed by atoms with E-state index in [-0.39, 0.29) is 19.3 Å². The van der Waals surface area contributed by atoms with Crippen LogP contribution in [0.15, 0.2) is 0 Å². The molecule has 0 saturated carbocycles. The van der Waals surface area contributed by atoms with Crippen molar-refractivity contribution in [2.24, 2.45) is 0 Å². The van der Waals surface area contributed by atoms with Gasteiger partial charge in [0.2, 0.25) is 0 Å². The molecular formula is C5H8O6. The van der Waals surface area contributed by atoms with Crippen molar-refractivity contribution in [3.63, 3.8) is 0 Å². The average molecular weight is 164 g/mol. The SMILES string of the molecule is O=C(CCCC(=O)OO)OO. The van der Waals surface area contributed by atoms with E-state index in [1.807, 2.05) is 0 Å². The predicted octanol–water partition coefficient (Wildman–Crippen LogP) is 0.189. The summed E-state index contributed by atoms with van der Waals surface area (Å²) in [4.78, 5) is 27.0. The summed E-state index contributed by atoms with van der Waals surface area (Å²) in [5, 5.41) is 15.5. The molecule has 2 N–H and O–H groups in total. The van der Waals surface area contributed by atoms with Gasteiger partial charge in [-0.1, -0.05) is 0 Å². The van der Waals surface area contributed by atoms with Crippen LogP contribution in [-0.2, 0) is 19.4 Å². The zero-order valence-electron chi connectivity index (χ0n) is 5.65. The van der Waals surface area contributed by atoms with Crippen molar-refractivity contribution in [3.8, 4) is 0 Å². The summed E-state index contributed by atoms with van der Waals surface area (Å²) < 4.78 is 0. The van der Waals surface area contributed by atoms with Crippen LogP contribution in [0.5, 0.6) is 0 Å². The molecule has 0 atom stereocenters. The van der Waals surface area contributed by atoms with Crippen molar-refractivity contribution >= 4 is 11.9 Å². The highest BCUT2D eigenvalue weighted by molar-refractivity contribution is 5.71. The first kappa shape index (κ1) is 9.86. The van der Waals surface area contributed by atoms with E-state index < -0.39 is 11.9 Å². The summed E-state index contributed by atoms with van der Waals surface area (Å²) in [5.41, 5.74) is 0. The Kier molecular flexibility index (Phi) is 5.05. The number of rotatable bonds is 4. The third-order valence-corrected chi connectivity index (χ3v) is 0.965. The zero-order valence-corrected chi connectivity index (χ0v) is 5.65. The van der Waals surface area contributed by atoms with Crippen LogP contribution in [0.25, 0.3) is 0 Å². The van der Waals surface area contributed by atoms with Gasteiger partial charge in [-0.05, 0) is 6.42 Å². The van der Waals surface area contributed by atoms with Crippen LogP contribution >= 0.6 is 0 Å². The zero-order chi connectivity index (χ0) is 8.69. The van der Waals surface area contributed by atoms with Gasteiger partial charge in [0.05, 0.1) is 0 Å². The summed E-state index contributed by atoms with van der Waals surface area (Å²) in [6, 6.07) is 0. The first-order valence-corrected chi connectivity index (χ1v) is 2.89. The minimum absolute atomic E-state index is 0.0917. The van der Waals surface area contributed by atoms with Gasteiger partial charge in [-0.15, -0.1) is 0 Å². The Labute approximate surface area is 62.2 Å². The molecule has 0 bridgehead atoms. The molecule has 0 fully saturated rings. The van der Waals surface area contributed by atoms with Crippen LogP contribution in [-0.4, -0.2) is 22.5 Å². The van der Waals surface area contributed by atoms with Crippen LogP contribution in [0.1, 0.15) is 19.3 Å². The van der Waals surface area contributed by atoms with Crippen LogP contribution in [0.4, 0.5) is 0 Å². The Morgan fingerprint density at radius 2 is 1.36 bits per heavy atom. The molecule has 6 nitrogen and oxygen atoms in total. The van der Waals surface area contributed by atoms with Gasteiger partial charge in [-0.3, -0.25) is 0 Å². The molecule has 64 valence electrons. The minimum atomic E-state index is -0.823. The first-order chi connectivity index (χ1) is 5.20. The van der Waals surface area contributed by atoms with E-state index >= 15 is 0 Å². The smallest absolute Gasteiger partial charge is 0.301 e. The Balaban J connectivity index is 3.27. The molecule has 0 amide bonds. The normalized spacial score (nSPS) is 8.91. The molecule has 0 aromatic rings. The third-order valence-electron chi connectivity index (χ3n) is 0.965. The van der Waals surface area contributed by atoms with Gasteiger partial charge in [-0.2, -0.15) is 10.5 Å². The predicted molar refractivity (Wildman–Crippen MR) is 31.3 cm³/mol. The van der Waals surface area contributed by atoms with Crippen molar-refractivity contribution in [1.29, 1.82) is 0 Å². The van der Waals surface area contributed by atoms with Gasteiger partial charge < -0.3 is 9.78 Å². The lowest BCUT2D eigenvalue weighted by molar-refractivity contribution is -0.236. The lowest BCUT2D eigenvalue weighted by Crippen LogP contribution is -2.04. The van der Waals surface area contributed by atoms with Crippen molar-refractivity contribution in [1.82, 2.24) is 0 Å². The quantitative estimate of drug-likeness (QED) is 0.455. The Morgan fingerprint density at radius 3 is 1.64 bits per heavy atom. The second-order valence-electron chi connectivity index (χ2n) is 1.78. The van der Waals surface area contributed by atoms with E-state index in [4.69, 9.17) is 10.5 Å². The van der Waals surface area contributed by atoms with E-state index in [0.29, 0.717) is 0 Å². The van der Waals surface area contributed by atoms with Gasteiger partial charge >= 0.3 is 11.9 Å². The maximum absolute atomic E-state index is 10.2. The van der Waals surface area contributed by atoms with Gasteiger partial charge in [0.25, 0.3) is 0 Å². The average Bonchev–Trinajstić information content (AvgIpc) is 2.04. The summed E-state index contributed by atoms with van der Waals surface area (Å²) in [5.74, 6) is -1.65. The molecule has 0 saturated heterocycles. The molecule has 0 heterocycles. The fourth-order valence-electron chi connectivity index (χ4n) is 0.468. The molecule has 0 radical (unpaired) electrons. The first-order valence-electron chi connectivity index (χ1n) is 2.89. The highest BCUT2D eigenvalue weighted by Crippen LogP contribution is 1.97. The minimum Gasteiger partial charge on any atom is -0.301 e. The van der Waals surface area contributed by atoms with E-state index in [0.717, 1.165) is 0 Å². The molecule has 0 aliphatic rings. The van der Waals surface area contributed by atoms with E-state index in [1.165, 1.54) is 0 Å². The number of hydrogen-bond donors (Lipinski definition) is 2. The van der Waals surface area contributed by atoms with Crippen molar-refractivity contribution in [3.05, 3.63) is 0 Å². The highest BCUT2D eigenvalue weighted by Gasteiger charge is 2.05. The summed E-state index contributed by atoms with van der Waals surface area (Å²) in [6.45, 7) is 0. The second-order valence-corrected chi connectivity index (χ2v) is 1.78. The highest BCUT2D eigenvalue weighted by atomic mass is 17.1. The van der Waals surface area contributed by atoms with Gasteiger partial charge in [0.1, 0.15) is 0 Å². The Morgan fingerprint density at radius 1 is 1.00 bits per heavy atom. The maximum atomic E-state index is 10.2. The fraction of sp³-hybridized carbons (Fsp3) is 0.600. The Hall–Kier alpha value is -1.14. The van der Waals surface area contributed by atoms with Gasteiger partial charge in [0.15, 0.2) is 0 Å². The monoisotopic (exact) mass is 164 g/mol. The van der Waals surface area contributed by atoms with Crippen LogP contribution in [0.2, 0.25) is 0 Å². The van der Waals surface area contributed by atoms with Gasteiger partial charge in [-0.25, -0.2) is 9.59 Å². The molecule has 0 rings (SSSR count). The summed E-state index contributed by atoms with van der Waals surface area (Å²) in [6.07, 6.45) is -0.0179. The van der Waals surface area contributed by atoms with Gasteiger partial charge in [0, 0.05) is 12.8 Å². The molecule has 0 aliphatic heterocycles. The third kappa shape index (κ3) is 5.31. The number of carbonyl (C=O) groups is 2. The van der Waals surface area contributed by atoms with Crippen molar-refractivity contribution in [2.45, 2.75) is 19.3 Å². The standard InChI is InChI=1S/C5H8O6/c6-4(10-8)2-1-3-5(7)11-9/h8-9H,1-3H2. The second kappa shape index (κ2) is 5.63. The van der Waals surface area contributed by atoms with E-state index in [1.54, 1.807) is 0 Å². The van der Waals surface area contributed by atoms with E-state index in [9.17, 15) is 9.59 Å². The summed E-state index contributed by atoms with van der Waals surface area (Å²) in [7, 11) is 0. The lowest BCUT2D eigenvalue weighted by Gasteiger charge is -1.94. The molecule has 0 aliphatic carbocycles. The molecule has 0 unspecified atom stereocenters. The molecule has 0 aromatic heterocycles. The van der Waals surface area contributed by atoms with E-state index in [2.05, 4.69) is 9.78 Å².